The van der Waals surface area contributed by atoms with Crippen molar-refractivity contribution in [3.63, 3.8) is 0 Å². The van der Waals surface area contributed by atoms with Gasteiger partial charge in [0.05, 0.1) is 31.4 Å². The van der Waals surface area contributed by atoms with Gasteiger partial charge in [0.2, 0.25) is 0 Å². The van der Waals surface area contributed by atoms with Crippen molar-refractivity contribution in [3.05, 3.63) is 47.5 Å². The third kappa shape index (κ3) is 7.12. The Bertz CT molecular complexity index is 1510. The van der Waals surface area contributed by atoms with Gasteiger partial charge in [-0.2, -0.15) is 5.26 Å². The van der Waals surface area contributed by atoms with E-state index in [0.717, 1.165) is 18.4 Å². The van der Waals surface area contributed by atoms with Crippen LogP contribution < -0.4 is 5.32 Å². The minimum atomic E-state index is -0.593. The highest BCUT2D eigenvalue weighted by atomic mass is 16.7. The van der Waals surface area contributed by atoms with Crippen molar-refractivity contribution >= 4 is 25.2 Å². The second-order valence-corrected chi connectivity index (χ2v) is 16.0. The number of likely N-dealkylation sites (tertiary alicyclic amines) is 1. The topological polar surface area (TPSA) is 134 Å². The molecule has 13 heteroatoms. The van der Waals surface area contributed by atoms with Gasteiger partial charge in [0, 0.05) is 50.7 Å². The highest BCUT2D eigenvalue weighted by molar-refractivity contribution is 6.47. The van der Waals surface area contributed by atoms with Gasteiger partial charge in [0.15, 0.2) is 0 Å². The third-order valence-corrected chi connectivity index (χ3v) is 12.3. The van der Waals surface area contributed by atoms with E-state index in [1.54, 1.807) is 15.9 Å². The molecule has 6 fully saturated rings. The standard InChI is InChI=1S/C37H52BN5O7/c1-35(2,43-16-14-41(15-17-43)34(46)47-6)21-27(22-39)32(44)42-13-12-26(23-42)24-48-33(45)40-31(18-25-10-8-7-9-11-25)38-49-30-20-28-19-29(36(28,3)4)37(30,5)50-38/h7-11,21,26,28-31H,12-20,23-24H2,1-6H3,(H,40,45)/t26-,28-,29-,30+,31-,37-/m0/s1. The first-order chi connectivity index (χ1) is 23.7. The fourth-order valence-electron chi connectivity index (χ4n) is 9.05. The zero-order valence-corrected chi connectivity index (χ0v) is 30.4. The Labute approximate surface area is 296 Å². The van der Waals surface area contributed by atoms with Crippen molar-refractivity contribution in [3.8, 4) is 6.07 Å². The number of alkyl carbamates (subject to hydrolysis) is 1. The zero-order valence-electron chi connectivity index (χ0n) is 30.4. The Morgan fingerprint density at radius 3 is 2.48 bits per heavy atom. The molecule has 7 rings (SSSR count). The van der Waals surface area contributed by atoms with Gasteiger partial charge in [-0.1, -0.05) is 44.2 Å². The van der Waals surface area contributed by atoms with E-state index < -0.39 is 30.3 Å². The minimum Gasteiger partial charge on any atom is -0.453 e. The van der Waals surface area contributed by atoms with E-state index in [9.17, 15) is 19.6 Å². The lowest BCUT2D eigenvalue weighted by molar-refractivity contribution is -0.199. The Balaban J connectivity index is 1.03. The number of hydrogen-bond donors (Lipinski definition) is 1. The summed E-state index contributed by atoms with van der Waals surface area (Å²) in [6.07, 6.45) is 4.13. The molecule has 6 aliphatic rings. The van der Waals surface area contributed by atoms with Crippen LogP contribution in [0.3, 0.4) is 0 Å². The van der Waals surface area contributed by atoms with Gasteiger partial charge < -0.3 is 33.9 Å². The highest BCUT2D eigenvalue weighted by Gasteiger charge is 2.68. The van der Waals surface area contributed by atoms with Gasteiger partial charge in [-0.25, -0.2) is 9.59 Å². The largest absolute Gasteiger partial charge is 0.482 e. The molecule has 3 aliphatic carbocycles. The van der Waals surface area contributed by atoms with Crippen molar-refractivity contribution in [2.45, 2.75) is 83.5 Å². The summed E-state index contributed by atoms with van der Waals surface area (Å²) in [7, 11) is 0.775. The fourth-order valence-corrected chi connectivity index (χ4v) is 9.05. The van der Waals surface area contributed by atoms with Crippen molar-refractivity contribution in [1.29, 1.82) is 5.26 Å². The van der Waals surface area contributed by atoms with Crippen LogP contribution in [0.4, 0.5) is 9.59 Å². The maximum atomic E-state index is 13.5. The van der Waals surface area contributed by atoms with Crippen LogP contribution in [0.15, 0.2) is 42.0 Å². The predicted molar refractivity (Wildman–Crippen MR) is 187 cm³/mol. The van der Waals surface area contributed by atoms with Crippen molar-refractivity contribution < 1.29 is 33.2 Å². The average molecular weight is 690 g/mol. The summed E-state index contributed by atoms with van der Waals surface area (Å²) in [5.41, 5.74) is 0.393. The number of nitrogens with zero attached hydrogens (tertiary/aromatic N) is 4. The first-order valence-corrected chi connectivity index (χ1v) is 18.1. The molecule has 0 unspecified atom stereocenters. The number of methoxy groups -OCH3 is 1. The monoisotopic (exact) mass is 689 g/mol. The summed E-state index contributed by atoms with van der Waals surface area (Å²) in [5, 5.41) is 13.0. The van der Waals surface area contributed by atoms with Crippen molar-refractivity contribution in [2.75, 3.05) is 53.0 Å². The van der Waals surface area contributed by atoms with E-state index in [2.05, 4.69) is 37.1 Å². The fraction of sp³-hybridized carbons (Fsp3) is 0.676. The number of nitriles is 1. The lowest BCUT2D eigenvalue weighted by atomic mass is 9.43. The Morgan fingerprint density at radius 2 is 1.82 bits per heavy atom. The summed E-state index contributed by atoms with van der Waals surface area (Å²) in [6, 6.07) is 12.1. The van der Waals surface area contributed by atoms with Crippen LogP contribution >= 0.6 is 0 Å². The van der Waals surface area contributed by atoms with E-state index in [-0.39, 0.29) is 41.6 Å². The van der Waals surface area contributed by atoms with Gasteiger partial charge in [-0.3, -0.25) is 9.69 Å². The molecule has 2 bridgehead atoms. The number of hydrogen-bond acceptors (Lipinski definition) is 9. The predicted octanol–water partition coefficient (Wildman–Crippen LogP) is 4.05. The number of carbonyl (C=O) groups excluding carboxylic acids is 3. The summed E-state index contributed by atoms with van der Waals surface area (Å²) in [5.74, 6) is 0.219. The van der Waals surface area contributed by atoms with E-state index in [1.807, 2.05) is 44.2 Å². The van der Waals surface area contributed by atoms with Crippen molar-refractivity contribution in [2.24, 2.45) is 23.2 Å². The number of rotatable bonds is 9. The summed E-state index contributed by atoms with van der Waals surface area (Å²) < 4.78 is 23.9. The molecular formula is C37H52BN5O7. The molecule has 1 N–H and O–H groups in total. The maximum Gasteiger partial charge on any atom is 0.482 e. The minimum absolute atomic E-state index is 0.00269. The molecule has 0 spiro atoms. The molecule has 1 aromatic carbocycles. The van der Waals surface area contributed by atoms with Crippen LogP contribution in [-0.2, 0) is 30.0 Å². The highest BCUT2D eigenvalue weighted by Crippen LogP contribution is 2.65. The van der Waals surface area contributed by atoms with Crippen LogP contribution in [0, 0.1) is 34.5 Å². The van der Waals surface area contributed by atoms with E-state index in [0.29, 0.717) is 63.9 Å². The van der Waals surface area contributed by atoms with Gasteiger partial charge in [-0.15, -0.1) is 0 Å². The molecule has 3 saturated carbocycles. The van der Waals surface area contributed by atoms with Crippen LogP contribution in [-0.4, -0.2) is 116 Å². The number of ether oxygens (including phenoxy) is 2. The van der Waals surface area contributed by atoms with Gasteiger partial charge in [0.1, 0.15) is 11.6 Å². The molecule has 270 valence electrons. The lowest BCUT2D eigenvalue weighted by Gasteiger charge is -2.64. The quantitative estimate of drug-likeness (QED) is 0.232. The Kier molecular flexibility index (Phi) is 10.3. The van der Waals surface area contributed by atoms with Crippen molar-refractivity contribution in [1.82, 2.24) is 20.0 Å². The summed E-state index contributed by atoms with van der Waals surface area (Å²) in [4.78, 5) is 44.1. The second kappa shape index (κ2) is 14.2. The van der Waals surface area contributed by atoms with Crippen LogP contribution in [0.25, 0.3) is 0 Å². The number of benzene rings is 1. The van der Waals surface area contributed by atoms with E-state index >= 15 is 0 Å². The molecule has 0 radical (unpaired) electrons. The summed E-state index contributed by atoms with van der Waals surface area (Å²) >= 11 is 0. The zero-order chi connectivity index (χ0) is 35.8. The molecular weight excluding hydrogens is 637 g/mol. The van der Waals surface area contributed by atoms with Gasteiger partial charge >= 0.3 is 19.3 Å². The molecule has 6 atom stereocenters. The number of nitrogens with one attached hydrogen (secondary N) is 1. The maximum absolute atomic E-state index is 13.5. The van der Waals surface area contributed by atoms with Crippen LogP contribution in [0.1, 0.15) is 59.4 Å². The second-order valence-electron chi connectivity index (χ2n) is 16.0. The van der Waals surface area contributed by atoms with Gasteiger partial charge in [-0.05, 0) is 75.3 Å². The lowest BCUT2D eigenvalue weighted by Crippen LogP contribution is -2.65. The number of amides is 3. The van der Waals surface area contributed by atoms with E-state index in [1.165, 1.54) is 7.11 Å². The molecule has 3 heterocycles. The Morgan fingerprint density at radius 1 is 1.10 bits per heavy atom. The molecule has 1 aromatic rings. The molecule has 3 saturated heterocycles. The normalized spacial score (nSPS) is 29.8. The molecule has 12 nitrogen and oxygen atoms in total. The molecule has 50 heavy (non-hydrogen) atoms. The molecule has 3 aliphatic heterocycles. The summed E-state index contributed by atoms with van der Waals surface area (Å²) in [6.45, 7) is 14.0. The number of piperazine rings is 1. The SMILES string of the molecule is COC(=O)N1CCN(C(C)(C)C=C(C#N)C(=O)N2CC[C@H](COC(=O)N[C@@H](Cc3ccccc3)B3O[C@@H]4C[C@@H]5C[C@@H](C5(C)C)[C@]4(C)O3)C2)CC1. The first-order valence-electron chi connectivity index (χ1n) is 18.1. The molecule has 0 aromatic heterocycles. The first kappa shape index (κ1) is 36.2. The third-order valence-electron chi connectivity index (χ3n) is 12.3. The number of carbonyl (C=O) groups is 3. The van der Waals surface area contributed by atoms with E-state index in [4.69, 9.17) is 18.8 Å². The molecule has 3 amide bonds. The smallest absolute Gasteiger partial charge is 0.453 e. The van der Waals surface area contributed by atoms with Crippen LogP contribution in [0.5, 0.6) is 0 Å². The average Bonchev–Trinajstić information content (AvgIpc) is 3.73. The van der Waals surface area contributed by atoms with Gasteiger partial charge in [0.25, 0.3) is 5.91 Å². The Hall–Kier alpha value is -3.60. The van der Waals surface area contributed by atoms with Crippen LogP contribution in [0.2, 0.25) is 0 Å².